The van der Waals surface area contributed by atoms with Gasteiger partial charge in [0.05, 0.1) is 25.9 Å². The zero-order valence-corrected chi connectivity index (χ0v) is 29.9. The number of ether oxygens (including phenoxy) is 2. The SMILES string of the molecule is CC(C)[C@H](N)C(=O)O.Nc1ncnc2c1ncn2[C@@H]1O[C@H](COP(=O)(O)O)[C@@H](O)[C@H]1O.Nc1ncnc2c1ncn2[C@@H]1O[C@H](COP(=O)(O)O)[C@@H](O)[C@H]1O. The number of hydrogen-bond donors (Lipinski definition) is 12. The molecule has 2 aliphatic rings. The smallest absolute Gasteiger partial charge is 0.469 e. The van der Waals surface area contributed by atoms with E-state index in [9.17, 15) is 34.4 Å². The number of phosphoric ester groups is 2. The molecule has 0 aromatic carbocycles. The van der Waals surface area contributed by atoms with Gasteiger partial charge in [-0.2, -0.15) is 0 Å². The number of anilines is 2. The van der Waals surface area contributed by atoms with Crippen molar-refractivity contribution in [2.45, 2.75) is 69.0 Å². The third kappa shape index (κ3) is 10.2. The van der Waals surface area contributed by atoms with Gasteiger partial charge in [-0.3, -0.25) is 23.0 Å². The Morgan fingerprint density at radius 2 is 1.11 bits per heavy atom. The summed E-state index contributed by atoms with van der Waals surface area (Å²) >= 11 is 0. The van der Waals surface area contributed by atoms with Crippen LogP contribution < -0.4 is 17.2 Å². The van der Waals surface area contributed by atoms with Gasteiger partial charge >= 0.3 is 21.6 Å². The summed E-state index contributed by atoms with van der Waals surface area (Å²) in [5, 5.41) is 48.3. The molecule has 2 fully saturated rings. The first-order valence-corrected chi connectivity index (χ1v) is 18.4. The summed E-state index contributed by atoms with van der Waals surface area (Å²) in [6.45, 7) is 2.36. The lowest BCUT2D eigenvalue weighted by Crippen LogP contribution is -2.34. The molecule has 9 atom stereocenters. The highest BCUT2D eigenvalue weighted by Crippen LogP contribution is 2.40. The van der Waals surface area contributed by atoms with Gasteiger partial charge in [0.15, 0.2) is 35.4 Å². The van der Waals surface area contributed by atoms with Crippen LogP contribution in [0.1, 0.15) is 26.3 Å². The van der Waals surface area contributed by atoms with Crippen LogP contribution in [0.15, 0.2) is 25.3 Å². The van der Waals surface area contributed by atoms with Crippen molar-refractivity contribution in [1.29, 1.82) is 0 Å². The van der Waals surface area contributed by atoms with Crippen molar-refractivity contribution >= 4 is 55.6 Å². The van der Waals surface area contributed by atoms with Crippen LogP contribution in [0.2, 0.25) is 0 Å². The number of phosphoric acid groups is 2. The molecule has 27 nitrogen and oxygen atoms in total. The van der Waals surface area contributed by atoms with Crippen LogP contribution in [-0.2, 0) is 32.4 Å². The van der Waals surface area contributed by atoms with Gasteiger partial charge in [0.25, 0.3) is 0 Å². The molecule has 54 heavy (non-hydrogen) atoms. The van der Waals surface area contributed by atoms with Gasteiger partial charge in [0.1, 0.15) is 66.4 Å². The van der Waals surface area contributed by atoms with Gasteiger partial charge in [-0.15, -0.1) is 0 Å². The topological polar surface area (TPSA) is 435 Å². The molecule has 0 spiro atoms. The van der Waals surface area contributed by atoms with Crippen LogP contribution in [0, 0.1) is 5.92 Å². The number of nitrogen functional groups attached to an aromatic ring is 2. The van der Waals surface area contributed by atoms with Crippen molar-refractivity contribution in [3.63, 3.8) is 0 Å². The Kier molecular flexibility index (Phi) is 13.7. The van der Waals surface area contributed by atoms with Crippen LogP contribution >= 0.6 is 15.6 Å². The number of nitrogens with two attached hydrogens (primary N) is 3. The number of fused-ring (bicyclic) bond motifs is 2. The molecule has 6 rings (SSSR count). The normalized spacial score (nSPS) is 26.4. The van der Waals surface area contributed by atoms with Crippen molar-refractivity contribution in [2.24, 2.45) is 11.7 Å². The molecule has 0 radical (unpaired) electrons. The molecule has 4 aromatic heterocycles. The molecular weight excluding hydrogens is 772 g/mol. The van der Waals surface area contributed by atoms with Gasteiger partial charge in [-0.25, -0.2) is 39.0 Å². The van der Waals surface area contributed by atoms with Crippen molar-refractivity contribution in [2.75, 3.05) is 24.7 Å². The number of aliphatic hydroxyl groups is 4. The lowest BCUT2D eigenvalue weighted by Gasteiger charge is -2.16. The minimum Gasteiger partial charge on any atom is -0.480 e. The molecule has 15 N–H and O–H groups in total. The standard InChI is InChI=1S/2C10H14N5O7P.C5H11NO2/c2*11-8-5-9(13-2-12-8)15(3-14-5)10-7(17)6(16)4(22-10)1-21-23(18,19)20;1-3(2)4(6)5(7)8/h2*2-4,6-7,10,16-17H,1H2,(H2,11,12,13)(H2,18,19,20);3-4H,6H2,1-2H3,(H,7,8)/t2*4-,6-,7-,10-;4-/m110/s1. The number of rotatable bonds is 10. The number of nitrogens with zero attached hydrogens (tertiary/aromatic N) is 8. The summed E-state index contributed by atoms with van der Waals surface area (Å²) in [4.78, 5) is 68.4. The Morgan fingerprint density at radius 1 is 0.741 bits per heavy atom. The summed E-state index contributed by atoms with van der Waals surface area (Å²) < 4.78 is 43.6. The molecule has 6 heterocycles. The first kappa shape index (κ1) is 42.8. The number of carbonyl (C=O) groups is 1. The lowest BCUT2D eigenvalue weighted by molar-refractivity contribution is -0.139. The monoisotopic (exact) mass is 811 g/mol. The number of hydrogen-bond acceptors (Lipinski definition) is 20. The van der Waals surface area contributed by atoms with Crippen LogP contribution in [0.4, 0.5) is 11.6 Å². The quantitative estimate of drug-likeness (QED) is 0.0686. The van der Waals surface area contributed by atoms with Gasteiger partial charge in [-0.05, 0) is 5.92 Å². The number of aliphatic carboxylic acids is 1. The summed E-state index contributed by atoms with van der Waals surface area (Å²) in [6.07, 6.45) is -4.98. The van der Waals surface area contributed by atoms with E-state index in [-0.39, 0.29) is 28.8 Å². The van der Waals surface area contributed by atoms with Gasteiger partial charge in [0, 0.05) is 0 Å². The van der Waals surface area contributed by atoms with Crippen LogP contribution in [0.5, 0.6) is 0 Å². The van der Waals surface area contributed by atoms with E-state index in [0.29, 0.717) is 11.0 Å². The fraction of sp³-hybridized carbons (Fsp3) is 0.560. The molecule has 29 heteroatoms. The summed E-state index contributed by atoms with van der Waals surface area (Å²) in [5.74, 6) is -0.626. The van der Waals surface area contributed by atoms with Crippen molar-refractivity contribution < 1.29 is 77.6 Å². The minimum absolute atomic E-state index is 0.0208. The first-order chi connectivity index (χ1) is 25.1. The summed E-state index contributed by atoms with van der Waals surface area (Å²) in [7, 11) is -9.44. The van der Waals surface area contributed by atoms with E-state index < -0.39 is 89.9 Å². The molecule has 0 saturated carbocycles. The number of imidazole rings is 2. The predicted octanol–water partition coefficient (Wildman–Crippen LogP) is -3.67. The largest absolute Gasteiger partial charge is 0.480 e. The Balaban J connectivity index is 0.000000201. The maximum absolute atomic E-state index is 10.7. The van der Waals surface area contributed by atoms with E-state index in [1.165, 1.54) is 34.4 Å². The molecular formula is C25H39N11O16P2. The van der Waals surface area contributed by atoms with Crippen molar-refractivity contribution in [3.05, 3.63) is 25.3 Å². The molecule has 2 aliphatic heterocycles. The third-order valence-corrected chi connectivity index (χ3v) is 8.79. The minimum atomic E-state index is -4.72. The zero-order valence-electron chi connectivity index (χ0n) is 28.1. The zero-order chi connectivity index (χ0) is 40.3. The van der Waals surface area contributed by atoms with Gasteiger partial charge in [0.2, 0.25) is 0 Å². The Labute approximate surface area is 302 Å². The molecule has 0 unspecified atom stereocenters. The number of carboxylic acids is 1. The van der Waals surface area contributed by atoms with E-state index >= 15 is 0 Å². The molecule has 0 bridgehead atoms. The Bertz CT molecular complexity index is 1860. The van der Waals surface area contributed by atoms with E-state index in [1.54, 1.807) is 13.8 Å². The molecule has 4 aromatic rings. The predicted molar refractivity (Wildman–Crippen MR) is 178 cm³/mol. The molecule has 0 amide bonds. The third-order valence-electron chi connectivity index (χ3n) is 7.81. The highest BCUT2D eigenvalue weighted by atomic mass is 31.2. The fourth-order valence-electron chi connectivity index (χ4n) is 4.93. The first-order valence-electron chi connectivity index (χ1n) is 15.4. The van der Waals surface area contributed by atoms with E-state index in [2.05, 4.69) is 39.0 Å². The maximum atomic E-state index is 10.7. The second-order valence-electron chi connectivity index (χ2n) is 11.9. The molecule has 0 aliphatic carbocycles. The summed E-state index contributed by atoms with van der Waals surface area (Å²) in [6, 6.07) is -0.713. The highest BCUT2D eigenvalue weighted by Gasteiger charge is 2.46. The highest BCUT2D eigenvalue weighted by molar-refractivity contribution is 7.46. The maximum Gasteiger partial charge on any atom is 0.469 e. The number of aromatic nitrogens is 8. The number of carboxylic acid groups (broad SMARTS) is 1. The summed E-state index contributed by atoms with van der Waals surface area (Å²) in [5.41, 5.74) is 17.7. The van der Waals surface area contributed by atoms with Crippen LogP contribution in [-0.4, -0.2) is 146 Å². The Morgan fingerprint density at radius 3 is 1.41 bits per heavy atom. The molecule has 2 saturated heterocycles. The average Bonchev–Trinajstić information content (AvgIpc) is 3.85. The van der Waals surface area contributed by atoms with Gasteiger partial charge < -0.3 is 71.8 Å². The number of aliphatic hydroxyl groups excluding tert-OH is 4. The van der Waals surface area contributed by atoms with Crippen molar-refractivity contribution in [3.8, 4) is 0 Å². The molecule has 300 valence electrons. The van der Waals surface area contributed by atoms with Crippen LogP contribution in [0.3, 0.4) is 0 Å². The van der Waals surface area contributed by atoms with E-state index in [1.807, 2.05) is 0 Å². The average molecular weight is 812 g/mol. The second kappa shape index (κ2) is 17.3. The van der Waals surface area contributed by atoms with E-state index in [0.717, 1.165) is 0 Å². The lowest BCUT2D eigenvalue weighted by atomic mass is 10.1. The van der Waals surface area contributed by atoms with Crippen molar-refractivity contribution in [1.82, 2.24) is 39.0 Å². The van der Waals surface area contributed by atoms with Gasteiger partial charge in [-0.1, -0.05) is 13.8 Å². The van der Waals surface area contributed by atoms with E-state index in [4.69, 9.17) is 51.4 Å². The fourth-order valence-corrected chi connectivity index (χ4v) is 5.61. The second-order valence-corrected chi connectivity index (χ2v) is 14.4. The van der Waals surface area contributed by atoms with Crippen LogP contribution in [0.25, 0.3) is 22.3 Å². The Hall–Kier alpha value is -3.89.